The monoisotopic (exact) mass is 516 g/mol. The summed E-state index contributed by atoms with van der Waals surface area (Å²) in [6, 6.07) is 36.3. The summed E-state index contributed by atoms with van der Waals surface area (Å²) in [6.45, 7) is 0. The summed E-state index contributed by atoms with van der Waals surface area (Å²) in [6.07, 6.45) is 1.91. The zero-order chi connectivity index (χ0) is 25.9. The molecule has 0 saturated heterocycles. The Bertz CT molecular complexity index is 1660. The molecule has 7 heteroatoms. The van der Waals surface area contributed by atoms with Crippen LogP contribution in [-0.4, -0.2) is 20.9 Å². The van der Waals surface area contributed by atoms with E-state index < -0.39 is 0 Å². The predicted molar refractivity (Wildman–Crippen MR) is 153 cm³/mol. The molecule has 5 aromatic rings. The Labute approximate surface area is 223 Å². The highest BCUT2D eigenvalue weighted by molar-refractivity contribution is 8.18. The minimum atomic E-state index is -0.325. The van der Waals surface area contributed by atoms with Gasteiger partial charge in [-0.15, -0.1) is 0 Å². The van der Waals surface area contributed by atoms with Crippen LogP contribution in [0.3, 0.4) is 0 Å². The number of halogens is 1. The van der Waals surface area contributed by atoms with Crippen molar-refractivity contribution in [1.82, 2.24) is 9.78 Å². The third kappa shape index (κ3) is 5.05. The van der Waals surface area contributed by atoms with E-state index in [9.17, 15) is 9.18 Å². The first-order valence-electron chi connectivity index (χ1n) is 12.0. The maximum absolute atomic E-state index is 13.3. The van der Waals surface area contributed by atoms with Gasteiger partial charge in [0.25, 0.3) is 0 Å². The average Bonchev–Trinajstić information content (AvgIpc) is 3.55. The Kier molecular flexibility index (Phi) is 6.42. The lowest BCUT2D eigenvalue weighted by molar-refractivity contribution is 0.268. The van der Waals surface area contributed by atoms with Crippen LogP contribution in [0.5, 0.6) is 0 Å². The summed E-state index contributed by atoms with van der Waals surface area (Å²) in [5, 5.41) is 7.74. The molecule has 2 heterocycles. The quantitative estimate of drug-likeness (QED) is 0.257. The topological polar surface area (TPSA) is 59.3 Å². The van der Waals surface area contributed by atoms with E-state index in [0.29, 0.717) is 16.4 Å². The molecule has 1 amide bonds. The highest BCUT2D eigenvalue weighted by atomic mass is 32.2. The lowest BCUT2D eigenvalue weighted by Gasteiger charge is -2.09. The lowest BCUT2D eigenvalue weighted by atomic mass is 10.1. The van der Waals surface area contributed by atoms with Gasteiger partial charge in [0, 0.05) is 16.8 Å². The number of nitrogens with one attached hydrogen (secondary N) is 1. The minimum Gasteiger partial charge on any atom is -0.339 e. The van der Waals surface area contributed by atoms with Crippen molar-refractivity contribution in [1.29, 1.82) is 0 Å². The van der Waals surface area contributed by atoms with Crippen molar-refractivity contribution >= 4 is 34.6 Å². The van der Waals surface area contributed by atoms with E-state index in [0.717, 1.165) is 45.5 Å². The van der Waals surface area contributed by atoms with Gasteiger partial charge in [0.1, 0.15) is 11.7 Å². The van der Waals surface area contributed by atoms with Crippen molar-refractivity contribution in [2.45, 2.75) is 0 Å². The molecule has 1 aromatic heterocycles. The van der Waals surface area contributed by atoms with Crippen LogP contribution in [-0.2, 0) is 0 Å². The fraction of sp³-hybridized carbons (Fsp3) is 0. The number of amidine groups is 1. The number of benzene rings is 4. The molecule has 0 spiro atoms. The van der Waals surface area contributed by atoms with Gasteiger partial charge in [0.15, 0.2) is 0 Å². The minimum absolute atomic E-state index is 0.296. The molecule has 38 heavy (non-hydrogen) atoms. The second kappa shape index (κ2) is 10.3. The number of carbonyl (C=O) groups excluding carboxylic acids is 1. The first-order valence-corrected chi connectivity index (χ1v) is 12.8. The van der Waals surface area contributed by atoms with Gasteiger partial charge >= 0.3 is 5.24 Å². The lowest BCUT2D eigenvalue weighted by Crippen LogP contribution is -2.10. The molecule has 0 radical (unpaired) electrons. The van der Waals surface area contributed by atoms with Crippen LogP contribution >= 0.6 is 11.8 Å². The maximum Gasteiger partial charge on any atom is 0.311 e. The van der Waals surface area contributed by atoms with Crippen molar-refractivity contribution in [2.75, 3.05) is 5.32 Å². The van der Waals surface area contributed by atoms with Gasteiger partial charge in [-0.3, -0.25) is 4.79 Å². The maximum atomic E-state index is 13.3. The first-order chi connectivity index (χ1) is 18.6. The molecule has 0 saturated carbocycles. The normalized spacial score (nSPS) is 14.1. The first kappa shape index (κ1) is 23.6. The van der Waals surface area contributed by atoms with E-state index in [1.165, 1.54) is 12.1 Å². The Morgan fingerprint density at radius 3 is 2.13 bits per heavy atom. The summed E-state index contributed by atoms with van der Waals surface area (Å²) in [5.74, 6) is 0.121. The van der Waals surface area contributed by atoms with E-state index >= 15 is 0 Å². The SMILES string of the molecule is O=C1N=C(Nc2ccc(F)cc2)/C(=C/c2ccc(-n3nc(-c4ccccc4)cc3-c3ccccc3)cc2)S1. The highest BCUT2D eigenvalue weighted by Crippen LogP contribution is 2.31. The molecule has 4 aromatic carbocycles. The number of amides is 1. The molecule has 0 atom stereocenters. The predicted octanol–water partition coefficient (Wildman–Crippen LogP) is 8.06. The summed E-state index contributed by atoms with van der Waals surface area (Å²) >= 11 is 1.06. The number of thioether (sulfide) groups is 1. The van der Waals surface area contributed by atoms with Gasteiger partial charge in [-0.05, 0) is 65.9 Å². The Hall–Kier alpha value is -4.75. The van der Waals surface area contributed by atoms with Crippen LogP contribution in [0.2, 0.25) is 0 Å². The Balaban J connectivity index is 1.31. The second-order valence-electron chi connectivity index (χ2n) is 8.62. The fourth-order valence-electron chi connectivity index (χ4n) is 4.17. The van der Waals surface area contributed by atoms with Crippen molar-refractivity contribution in [3.05, 3.63) is 132 Å². The fourth-order valence-corrected chi connectivity index (χ4v) is 4.89. The molecule has 184 valence electrons. The van der Waals surface area contributed by atoms with Gasteiger partial charge in [0.05, 0.1) is 22.0 Å². The van der Waals surface area contributed by atoms with E-state index in [-0.39, 0.29) is 11.1 Å². The molecule has 0 fully saturated rings. The Morgan fingerprint density at radius 2 is 1.45 bits per heavy atom. The number of rotatable bonds is 5. The molecule has 1 aliphatic heterocycles. The van der Waals surface area contributed by atoms with Gasteiger partial charge in [-0.1, -0.05) is 72.8 Å². The third-order valence-corrected chi connectivity index (χ3v) is 6.82. The van der Waals surface area contributed by atoms with E-state index in [1.54, 1.807) is 12.1 Å². The Morgan fingerprint density at radius 1 is 0.789 bits per heavy atom. The number of hydrogen-bond acceptors (Lipinski definition) is 4. The van der Waals surface area contributed by atoms with E-state index in [2.05, 4.69) is 40.6 Å². The van der Waals surface area contributed by atoms with Crippen LogP contribution in [0.25, 0.3) is 34.3 Å². The van der Waals surface area contributed by atoms with Gasteiger partial charge in [0.2, 0.25) is 0 Å². The smallest absolute Gasteiger partial charge is 0.311 e. The number of aliphatic imine (C=N–C) groups is 1. The number of hydrogen-bond donors (Lipinski definition) is 1. The average molecular weight is 517 g/mol. The number of carbonyl (C=O) groups is 1. The molecule has 0 unspecified atom stereocenters. The van der Waals surface area contributed by atoms with Crippen LogP contribution in [0.1, 0.15) is 5.56 Å². The molecule has 5 nitrogen and oxygen atoms in total. The summed E-state index contributed by atoms with van der Waals surface area (Å²) < 4.78 is 15.2. The highest BCUT2D eigenvalue weighted by Gasteiger charge is 2.22. The zero-order valence-electron chi connectivity index (χ0n) is 20.1. The van der Waals surface area contributed by atoms with E-state index in [4.69, 9.17) is 5.10 Å². The van der Waals surface area contributed by atoms with Crippen molar-refractivity contribution in [2.24, 2.45) is 4.99 Å². The number of aromatic nitrogens is 2. The van der Waals surface area contributed by atoms with Crippen LogP contribution in [0.15, 0.2) is 125 Å². The van der Waals surface area contributed by atoms with Crippen LogP contribution in [0.4, 0.5) is 14.9 Å². The third-order valence-electron chi connectivity index (χ3n) is 6.02. The largest absolute Gasteiger partial charge is 0.339 e. The zero-order valence-corrected chi connectivity index (χ0v) is 20.9. The summed E-state index contributed by atoms with van der Waals surface area (Å²) in [4.78, 5) is 16.8. The molecular formula is C31H21FN4OS. The standard InChI is InChI=1S/C31H21FN4OS/c32-24-13-15-25(16-14-24)33-30-29(38-31(37)34-30)19-21-11-17-26(18-12-21)36-28(23-9-5-2-6-10-23)20-27(35-36)22-7-3-1-4-8-22/h1-20H,(H,33,34,37)/b29-19-. The van der Waals surface area contributed by atoms with Crippen LogP contribution < -0.4 is 5.32 Å². The van der Waals surface area contributed by atoms with Gasteiger partial charge in [-0.25, -0.2) is 9.07 Å². The van der Waals surface area contributed by atoms with Gasteiger partial charge in [-0.2, -0.15) is 10.1 Å². The molecule has 1 aliphatic rings. The summed E-state index contributed by atoms with van der Waals surface area (Å²) in [7, 11) is 0. The van der Waals surface area contributed by atoms with Crippen LogP contribution in [0, 0.1) is 5.82 Å². The van der Waals surface area contributed by atoms with Crippen molar-refractivity contribution in [3.8, 4) is 28.2 Å². The molecule has 0 aliphatic carbocycles. The van der Waals surface area contributed by atoms with E-state index in [1.807, 2.05) is 71.4 Å². The van der Waals surface area contributed by atoms with Crippen molar-refractivity contribution in [3.63, 3.8) is 0 Å². The number of nitrogens with zero attached hydrogens (tertiary/aromatic N) is 3. The second-order valence-corrected chi connectivity index (χ2v) is 9.61. The molecule has 1 N–H and O–H groups in total. The molecule has 6 rings (SSSR count). The molecule has 0 bridgehead atoms. The van der Waals surface area contributed by atoms with Crippen molar-refractivity contribution < 1.29 is 9.18 Å². The van der Waals surface area contributed by atoms with Gasteiger partial charge < -0.3 is 5.32 Å². The summed E-state index contributed by atoms with van der Waals surface area (Å²) in [5.41, 5.74) is 6.49. The molecular weight excluding hydrogens is 495 g/mol. The number of anilines is 1.